The molecule has 0 aromatic heterocycles. The van der Waals surface area contributed by atoms with E-state index >= 15 is 0 Å². The first-order valence-corrected chi connectivity index (χ1v) is 11.8. The lowest BCUT2D eigenvalue weighted by molar-refractivity contribution is -0.164. The topological polar surface area (TPSA) is 55.8 Å². The molecule has 162 valence electrons. The summed E-state index contributed by atoms with van der Waals surface area (Å²) in [6, 6.07) is 0. The summed E-state index contributed by atoms with van der Waals surface area (Å²) >= 11 is 0. The summed E-state index contributed by atoms with van der Waals surface area (Å²) in [6.45, 7) is 8.81. The first kappa shape index (κ1) is 21.0. The Kier molecular flexibility index (Phi) is 5.43. The van der Waals surface area contributed by atoms with Gasteiger partial charge >= 0.3 is 5.97 Å². The molecule has 0 radical (unpaired) electrons. The highest BCUT2D eigenvalue weighted by Crippen LogP contribution is 2.68. The molecular formula is C25H38O4. The molecule has 1 N–H and O–H groups in total. The number of carbonyl (C=O) groups is 1. The number of aliphatic hydroxyl groups is 1. The average molecular weight is 403 g/mol. The molecule has 4 aliphatic carbocycles. The van der Waals surface area contributed by atoms with E-state index in [0.717, 1.165) is 44.4 Å². The van der Waals surface area contributed by atoms with Gasteiger partial charge in [-0.1, -0.05) is 13.8 Å². The van der Waals surface area contributed by atoms with Crippen LogP contribution in [-0.2, 0) is 14.3 Å². The van der Waals surface area contributed by atoms with Gasteiger partial charge in [0.25, 0.3) is 0 Å². The molecule has 0 aromatic carbocycles. The van der Waals surface area contributed by atoms with E-state index in [1.807, 2.05) is 6.92 Å². The molecule has 8 atom stereocenters. The lowest BCUT2D eigenvalue weighted by atomic mass is 9.44. The number of fused-ring (bicyclic) bond motifs is 5. The van der Waals surface area contributed by atoms with Crippen molar-refractivity contribution >= 4 is 5.97 Å². The highest BCUT2D eigenvalue weighted by atomic mass is 16.5. The van der Waals surface area contributed by atoms with E-state index in [1.54, 1.807) is 0 Å². The third-order valence-electron chi connectivity index (χ3n) is 9.58. The van der Waals surface area contributed by atoms with Gasteiger partial charge in [0, 0.05) is 12.3 Å². The number of esters is 1. The fraction of sp³-hybridized carbons (Fsp3) is 0.880. The number of hydrogen-bond donors (Lipinski definition) is 1. The van der Waals surface area contributed by atoms with Crippen molar-refractivity contribution in [1.29, 1.82) is 0 Å². The van der Waals surface area contributed by atoms with Gasteiger partial charge in [-0.3, -0.25) is 4.79 Å². The van der Waals surface area contributed by atoms with Crippen molar-refractivity contribution in [2.45, 2.75) is 97.2 Å². The predicted octanol–water partition coefficient (Wildman–Crippen LogP) is 4.69. The average Bonchev–Trinajstić information content (AvgIpc) is 2.93. The Balaban J connectivity index is 1.53. The fourth-order valence-corrected chi connectivity index (χ4v) is 7.97. The van der Waals surface area contributed by atoms with Gasteiger partial charge < -0.3 is 14.6 Å². The van der Waals surface area contributed by atoms with Gasteiger partial charge in [-0.05, 0) is 99.7 Å². The van der Waals surface area contributed by atoms with Crippen molar-refractivity contribution in [2.24, 2.45) is 34.5 Å². The monoisotopic (exact) mass is 402 g/mol. The SMILES string of the molecule is CCOC#C[C@]1(O)CC[C@H]2[C@@H]3CC[C@H]4C[C@H](OC(C)=O)CC[C@]4(C)[C@H]3CC[C@@]21C. The fourth-order valence-electron chi connectivity index (χ4n) is 7.97. The lowest BCUT2D eigenvalue weighted by Gasteiger charge is -2.61. The molecule has 0 heterocycles. The second kappa shape index (κ2) is 7.49. The van der Waals surface area contributed by atoms with Crippen LogP contribution >= 0.6 is 0 Å². The van der Waals surface area contributed by atoms with Crippen LogP contribution < -0.4 is 0 Å². The molecule has 0 bridgehead atoms. The van der Waals surface area contributed by atoms with E-state index < -0.39 is 5.60 Å². The molecule has 4 nitrogen and oxygen atoms in total. The summed E-state index contributed by atoms with van der Waals surface area (Å²) in [5.74, 6) is 5.59. The molecule has 4 saturated carbocycles. The Morgan fingerprint density at radius 1 is 1.07 bits per heavy atom. The molecule has 0 unspecified atom stereocenters. The predicted molar refractivity (Wildman–Crippen MR) is 112 cm³/mol. The molecule has 0 saturated heterocycles. The van der Waals surface area contributed by atoms with Crippen LogP contribution in [0.4, 0.5) is 0 Å². The third kappa shape index (κ3) is 3.29. The minimum atomic E-state index is -0.914. The maximum Gasteiger partial charge on any atom is 0.302 e. The van der Waals surface area contributed by atoms with Crippen LogP contribution in [0.5, 0.6) is 0 Å². The zero-order valence-corrected chi connectivity index (χ0v) is 18.6. The molecule has 4 fully saturated rings. The molecule has 4 heteroatoms. The normalized spacial score (nSPS) is 48.4. The van der Waals surface area contributed by atoms with Crippen LogP contribution in [-0.4, -0.2) is 29.4 Å². The summed E-state index contributed by atoms with van der Waals surface area (Å²) in [4.78, 5) is 11.4. The summed E-state index contributed by atoms with van der Waals surface area (Å²) in [5.41, 5.74) is -0.697. The van der Waals surface area contributed by atoms with E-state index in [9.17, 15) is 9.90 Å². The zero-order chi connectivity index (χ0) is 20.9. The molecule has 29 heavy (non-hydrogen) atoms. The largest absolute Gasteiger partial charge is 0.463 e. The summed E-state index contributed by atoms with van der Waals surface area (Å²) < 4.78 is 10.8. The minimum Gasteiger partial charge on any atom is -0.463 e. The van der Waals surface area contributed by atoms with E-state index in [1.165, 1.54) is 26.2 Å². The van der Waals surface area contributed by atoms with Gasteiger partial charge in [-0.25, -0.2) is 0 Å². The maximum atomic E-state index is 11.5. The first-order chi connectivity index (χ1) is 13.7. The van der Waals surface area contributed by atoms with Crippen molar-refractivity contribution in [1.82, 2.24) is 0 Å². The van der Waals surface area contributed by atoms with Crippen LogP contribution in [0.3, 0.4) is 0 Å². The molecule has 0 amide bonds. The van der Waals surface area contributed by atoms with Gasteiger partial charge in [0.2, 0.25) is 0 Å². The first-order valence-electron chi connectivity index (χ1n) is 11.8. The summed E-state index contributed by atoms with van der Waals surface area (Å²) in [5, 5.41) is 11.5. The highest BCUT2D eigenvalue weighted by molar-refractivity contribution is 5.66. The van der Waals surface area contributed by atoms with Gasteiger partial charge in [0.15, 0.2) is 0 Å². The Labute approximate surface area is 176 Å². The second-order valence-corrected chi connectivity index (χ2v) is 10.7. The molecule has 0 aromatic rings. The van der Waals surface area contributed by atoms with E-state index in [2.05, 4.69) is 25.9 Å². The van der Waals surface area contributed by atoms with Crippen LogP contribution in [0.1, 0.15) is 85.5 Å². The second-order valence-electron chi connectivity index (χ2n) is 10.7. The summed E-state index contributed by atoms with van der Waals surface area (Å²) in [6.07, 6.45) is 12.6. The number of rotatable bonds is 2. The van der Waals surface area contributed by atoms with Crippen molar-refractivity contribution in [2.75, 3.05) is 6.61 Å². The highest BCUT2D eigenvalue weighted by Gasteiger charge is 2.64. The van der Waals surface area contributed by atoms with Crippen LogP contribution in [0.15, 0.2) is 0 Å². The van der Waals surface area contributed by atoms with Crippen molar-refractivity contribution in [3.8, 4) is 12.0 Å². The van der Waals surface area contributed by atoms with Gasteiger partial charge in [0.1, 0.15) is 17.8 Å². The van der Waals surface area contributed by atoms with Gasteiger partial charge in [-0.2, -0.15) is 0 Å². The smallest absolute Gasteiger partial charge is 0.302 e. The molecule has 4 aliphatic rings. The van der Waals surface area contributed by atoms with Gasteiger partial charge in [0.05, 0.1) is 6.61 Å². The molecule has 4 rings (SSSR count). The standard InChI is InChI=1S/C25H38O4/c1-5-28-15-14-25(27)13-10-22-20-7-6-18-16-19(29-17(2)26)8-11-23(18,3)21(20)9-12-24(22,25)4/h18-22,27H,5-13,16H2,1-4H3/t18-,19+,20+,21-,22-,23-,24-,25+/m0/s1. The Hall–Kier alpha value is -1.21. The maximum absolute atomic E-state index is 11.5. The zero-order valence-electron chi connectivity index (χ0n) is 18.6. The molecule has 0 spiro atoms. The molecular weight excluding hydrogens is 364 g/mol. The van der Waals surface area contributed by atoms with Crippen LogP contribution in [0.2, 0.25) is 0 Å². The third-order valence-corrected chi connectivity index (χ3v) is 9.58. The lowest BCUT2D eigenvalue weighted by Crippen LogP contribution is -2.56. The Morgan fingerprint density at radius 3 is 2.55 bits per heavy atom. The quantitative estimate of drug-likeness (QED) is 0.538. The Morgan fingerprint density at radius 2 is 1.83 bits per heavy atom. The molecule has 0 aliphatic heterocycles. The summed E-state index contributed by atoms with van der Waals surface area (Å²) in [7, 11) is 0. The van der Waals surface area contributed by atoms with Crippen molar-refractivity contribution in [3.63, 3.8) is 0 Å². The van der Waals surface area contributed by atoms with Crippen LogP contribution in [0, 0.1) is 46.5 Å². The van der Waals surface area contributed by atoms with Crippen molar-refractivity contribution in [3.05, 3.63) is 0 Å². The number of hydrogen-bond acceptors (Lipinski definition) is 4. The van der Waals surface area contributed by atoms with Gasteiger partial charge in [-0.15, -0.1) is 0 Å². The van der Waals surface area contributed by atoms with E-state index in [0.29, 0.717) is 29.8 Å². The number of carbonyl (C=O) groups excluding carboxylic acids is 1. The van der Waals surface area contributed by atoms with Crippen LogP contribution in [0.25, 0.3) is 0 Å². The number of ether oxygens (including phenoxy) is 2. The Bertz CT molecular complexity index is 707. The van der Waals surface area contributed by atoms with E-state index in [4.69, 9.17) is 9.47 Å². The van der Waals surface area contributed by atoms with Crippen molar-refractivity contribution < 1.29 is 19.4 Å². The minimum absolute atomic E-state index is 0.112. The van der Waals surface area contributed by atoms with E-state index in [-0.39, 0.29) is 17.5 Å².